The van der Waals surface area contributed by atoms with Gasteiger partial charge in [0.1, 0.15) is 0 Å². The van der Waals surface area contributed by atoms with Crippen LogP contribution >= 0.6 is 0 Å². The molecule has 110 valence electrons. The summed E-state index contributed by atoms with van der Waals surface area (Å²) < 4.78 is 1.81. The Kier molecular flexibility index (Phi) is 9.20. The molecule has 1 aromatic heterocycles. The van der Waals surface area contributed by atoms with E-state index in [0.29, 0.717) is 5.88 Å². The summed E-state index contributed by atoms with van der Waals surface area (Å²) in [7, 11) is 1.89. The molecule has 0 radical (unpaired) electrons. The van der Waals surface area contributed by atoms with Crippen molar-refractivity contribution in [3.05, 3.63) is 27.3 Å². The zero-order valence-electron chi connectivity index (χ0n) is 11.6. The van der Waals surface area contributed by atoms with Gasteiger partial charge in [0.25, 0.3) is 5.82 Å². The highest BCUT2D eigenvalue weighted by molar-refractivity contribution is 4.94. The van der Waals surface area contributed by atoms with Crippen LogP contribution in [0.15, 0.2) is 6.20 Å². The molecule has 0 unspecified atom stereocenters. The quantitative estimate of drug-likeness (QED) is 0.344. The molecule has 0 fully saturated rings. The first-order valence-electron chi connectivity index (χ1n) is 6.55. The Hall–Kier alpha value is -1.79. The van der Waals surface area contributed by atoms with Crippen molar-refractivity contribution in [2.24, 2.45) is 7.05 Å². The van der Waals surface area contributed by atoms with Crippen LogP contribution in [0.2, 0.25) is 0 Å². The molecule has 0 aliphatic carbocycles. The molecule has 0 aliphatic heterocycles. The van der Waals surface area contributed by atoms with Crippen LogP contribution in [0.4, 0.5) is 0 Å². The van der Waals surface area contributed by atoms with Crippen LogP contribution in [-0.2, 0) is 13.5 Å². The molecule has 0 aromatic carbocycles. The zero-order valence-corrected chi connectivity index (χ0v) is 11.6. The summed E-state index contributed by atoms with van der Waals surface area (Å²) in [6.45, 7) is 2.24. The van der Waals surface area contributed by atoms with Crippen molar-refractivity contribution in [2.75, 3.05) is 0 Å². The molecule has 0 bridgehead atoms. The number of aryl methyl sites for hydroxylation is 1. The van der Waals surface area contributed by atoms with Gasteiger partial charge in [0.2, 0.25) is 0 Å². The van der Waals surface area contributed by atoms with Crippen molar-refractivity contribution in [2.45, 2.75) is 51.9 Å². The number of imidazole rings is 1. The summed E-state index contributed by atoms with van der Waals surface area (Å²) in [4.78, 5) is 11.3. The van der Waals surface area contributed by atoms with E-state index in [2.05, 4.69) is 11.9 Å². The molecule has 19 heavy (non-hydrogen) atoms. The molecule has 0 saturated carbocycles. The van der Waals surface area contributed by atoms with Gasteiger partial charge in [-0.05, 0) is 6.42 Å². The van der Waals surface area contributed by atoms with Crippen LogP contribution in [0.25, 0.3) is 0 Å². The zero-order chi connectivity index (χ0) is 14.7. The molecule has 0 atom stereocenters. The third-order valence-electron chi connectivity index (χ3n) is 2.88. The molecule has 0 spiro atoms. The van der Waals surface area contributed by atoms with Gasteiger partial charge in [-0.15, -0.1) is 0 Å². The molecule has 0 aliphatic rings. The lowest BCUT2D eigenvalue weighted by atomic mass is 10.1. The van der Waals surface area contributed by atoms with Crippen LogP contribution in [0, 0.1) is 15.3 Å². The summed E-state index contributed by atoms with van der Waals surface area (Å²) in [6, 6.07) is 0. The second-order valence-corrected chi connectivity index (χ2v) is 4.39. The van der Waals surface area contributed by atoms with E-state index < -0.39 is 5.09 Å². The number of H-pyrrole nitrogens is 1. The van der Waals surface area contributed by atoms with Crippen LogP contribution in [-0.4, -0.2) is 15.2 Å². The molecule has 1 aromatic rings. The summed E-state index contributed by atoms with van der Waals surface area (Å²) in [6.07, 6.45) is 10.5. The van der Waals surface area contributed by atoms with Crippen molar-refractivity contribution < 1.29 is 14.8 Å². The lowest BCUT2D eigenvalue weighted by Crippen LogP contribution is -2.31. The van der Waals surface area contributed by atoms with E-state index >= 15 is 0 Å². The van der Waals surface area contributed by atoms with Crippen molar-refractivity contribution >= 4 is 0 Å². The van der Waals surface area contributed by atoms with E-state index in [1.54, 1.807) is 6.20 Å². The number of hydrogen-bond acceptors (Lipinski definition) is 4. The molecule has 7 heteroatoms. The van der Waals surface area contributed by atoms with E-state index in [9.17, 15) is 5.11 Å². The number of hydrogen-bond donors (Lipinski definition) is 2. The Morgan fingerprint density at radius 1 is 1.26 bits per heavy atom. The number of nitrogens with one attached hydrogen (secondary N) is 1. The molecular weight excluding hydrogens is 250 g/mol. The third-order valence-corrected chi connectivity index (χ3v) is 2.88. The van der Waals surface area contributed by atoms with Gasteiger partial charge in [0, 0.05) is 6.42 Å². The smallest absolute Gasteiger partial charge is 0.321 e. The van der Waals surface area contributed by atoms with E-state index in [-0.39, 0.29) is 0 Å². The van der Waals surface area contributed by atoms with Crippen molar-refractivity contribution in [1.29, 1.82) is 0 Å². The van der Waals surface area contributed by atoms with Gasteiger partial charge in [0.15, 0.2) is 6.20 Å². The van der Waals surface area contributed by atoms with Gasteiger partial charge < -0.3 is 20.4 Å². The Bertz CT molecular complexity index is 362. The van der Waals surface area contributed by atoms with E-state index in [4.69, 9.17) is 15.3 Å². The topological polar surface area (TPSA) is 106 Å². The minimum atomic E-state index is -1.75. The number of rotatable bonds is 7. The lowest BCUT2D eigenvalue weighted by molar-refractivity contribution is -0.683. The Balaban J connectivity index is 0.000000711. The normalized spacial score (nSPS) is 9.79. The minimum Gasteiger partial charge on any atom is -0.475 e. The molecule has 7 nitrogen and oxygen atoms in total. The van der Waals surface area contributed by atoms with Crippen LogP contribution < -0.4 is 4.57 Å². The van der Waals surface area contributed by atoms with Gasteiger partial charge in [-0.2, -0.15) is 0 Å². The van der Waals surface area contributed by atoms with Gasteiger partial charge in [-0.25, -0.2) is 9.55 Å². The van der Waals surface area contributed by atoms with E-state index in [1.807, 2.05) is 11.6 Å². The predicted molar refractivity (Wildman–Crippen MR) is 71.1 cm³/mol. The van der Waals surface area contributed by atoms with Crippen molar-refractivity contribution in [3.63, 3.8) is 0 Å². The number of aromatic amines is 1. The fraction of sp³-hybridized carbons (Fsp3) is 0.750. The average molecular weight is 273 g/mol. The summed E-state index contributed by atoms with van der Waals surface area (Å²) >= 11 is 0. The highest BCUT2D eigenvalue weighted by Crippen LogP contribution is 2.08. The second-order valence-electron chi connectivity index (χ2n) is 4.39. The maximum Gasteiger partial charge on any atom is 0.321 e. The number of aromatic nitrogens is 2. The highest BCUT2D eigenvalue weighted by atomic mass is 16.9. The standard InChI is InChI=1S/C12H22N2O.NO3/c1-3-4-5-6-7-8-9-11-13-10-12(15)14(11)2;2-1(3)4/h10,15H,3-9H2,1-2H3;/q;-1/p+1. The highest BCUT2D eigenvalue weighted by Gasteiger charge is 2.11. The summed E-state index contributed by atoms with van der Waals surface area (Å²) in [5.74, 6) is 1.43. The van der Waals surface area contributed by atoms with Gasteiger partial charge in [0.05, 0.1) is 12.1 Å². The van der Waals surface area contributed by atoms with Crippen LogP contribution in [0.1, 0.15) is 51.3 Å². The Labute approximate surface area is 113 Å². The Morgan fingerprint density at radius 2 is 1.79 bits per heavy atom. The average Bonchev–Trinajstić information content (AvgIpc) is 2.64. The second kappa shape index (κ2) is 10.2. The fourth-order valence-corrected chi connectivity index (χ4v) is 1.79. The first-order chi connectivity index (χ1) is 8.99. The number of aromatic hydroxyl groups is 1. The van der Waals surface area contributed by atoms with Gasteiger partial charge in [-0.1, -0.05) is 39.0 Å². The molecular formula is C12H23N3O4. The third kappa shape index (κ3) is 8.87. The maximum atomic E-state index is 9.34. The SMILES string of the molecule is CCCCCCCCc1[nH]cc(O)[n+]1C.O=[N+]([O-])[O-]. The maximum absolute atomic E-state index is 9.34. The minimum absolute atomic E-state index is 0.316. The lowest BCUT2D eigenvalue weighted by Gasteiger charge is -1.98. The molecule has 2 N–H and O–H groups in total. The summed E-state index contributed by atoms with van der Waals surface area (Å²) in [5.41, 5.74) is 0. The largest absolute Gasteiger partial charge is 0.475 e. The first-order valence-corrected chi connectivity index (χ1v) is 6.55. The molecule has 0 amide bonds. The molecule has 0 saturated heterocycles. The van der Waals surface area contributed by atoms with Crippen molar-refractivity contribution in [1.82, 2.24) is 4.98 Å². The fourth-order valence-electron chi connectivity index (χ4n) is 1.79. The monoisotopic (exact) mass is 273 g/mol. The predicted octanol–water partition coefficient (Wildman–Crippen LogP) is 2.21. The number of nitrogens with zero attached hydrogens (tertiary/aromatic N) is 2. The molecule has 1 rings (SSSR count). The molecule has 1 heterocycles. The first kappa shape index (κ1) is 17.2. The van der Waals surface area contributed by atoms with Gasteiger partial charge >= 0.3 is 5.88 Å². The van der Waals surface area contributed by atoms with Gasteiger partial charge in [-0.3, -0.25) is 0 Å². The Morgan fingerprint density at radius 3 is 2.26 bits per heavy atom. The summed E-state index contributed by atoms with van der Waals surface area (Å²) in [5, 5.41) is 24.1. The van der Waals surface area contributed by atoms with Crippen LogP contribution in [0.3, 0.4) is 0 Å². The van der Waals surface area contributed by atoms with E-state index in [1.165, 1.54) is 38.5 Å². The van der Waals surface area contributed by atoms with Crippen LogP contribution in [0.5, 0.6) is 5.88 Å². The van der Waals surface area contributed by atoms with Crippen molar-refractivity contribution in [3.8, 4) is 5.88 Å². The number of unbranched alkanes of at least 4 members (excludes halogenated alkanes) is 5. The van der Waals surface area contributed by atoms with E-state index in [0.717, 1.165) is 12.2 Å².